The molecular weight excluding hydrogens is 466 g/mol. The van der Waals surface area contributed by atoms with Crippen LogP contribution in [0.1, 0.15) is 45.2 Å². The van der Waals surface area contributed by atoms with E-state index in [4.69, 9.17) is 4.74 Å². The molecule has 192 valence electrons. The van der Waals surface area contributed by atoms with Crippen LogP contribution in [0.5, 0.6) is 5.75 Å². The Balaban J connectivity index is 2.47. The van der Waals surface area contributed by atoms with E-state index in [2.05, 4.69) is 5.32 Å². The van der Waals surface area contributed by atoms with Gasteiger partial charge in [0.2, 0.25) is 21.8 Å². The van der Waals surface area contributed by atoms with Gasteiger partial charge >= 0.3 is 0 Å². The fraction of sp³-hybridized carbons (Fsp3) is 0.462. The second-order valence-electron chi connectivity index (χ2n) is 9.65. The van der Waals surface area contributed by atoms with E-state index in [0.29, 0.717) is 17.9 Å². The first-order valence-electron chi connectivity index (χ1n) is 11.5. The minimum Gasteiger partial charge on any atom is -0.497 e. The topological polar surface area (TPSA) is 96.0 Å². The van der Waals surface area contributed by atoms with Crippen LogP contribution in [0.3, 0.4) is 0 Å². The number of hydrogen-bond donors (Lipinski definition) is 1. The molecule has 0 heterocycles. The lowest BCUT2D eigenvalue weighted by Gasteiger charge is -2.34. The minimum absolute atomic E-state index is 0.173. The van der Waals surface area contributed by atoms with Gasteiger partial charge in [0.15, 0.2) is 0 Å². The Hall–Kier alpha value is -3.07. The van der Waals surface area contributed by atoms with Crippen LogP contribution in [0.25, 0.3) is 0 Å². The Kier molecular flexibility index (Phi) is 9.31. The molecule has 1 unspecified atom stereocenters. The highest BCUT2D eigenvalue weighted by Gasteiger charge is 2.33. The molecule has 0 aliphatic rings. The molecular formula is C26H37N3O5S. The van der Waals surface area contributed by atoms with Crippen LogP contribution < -0.4 is 14.4 Å². The molecule has 0 radical (unpaired) electrons. The Labute approximate surface area is 209 Å². The van der Waals surface area contributed by atoms with Gasteiger partial charge in [-0.05, 0) is 51.8 Å². The van der Waals surface area contributed by atoms with Gasteiger partial charge in [0, 0.05) is 18.2 Å². The van der Waals surface area contributed by atoms with Crippen LogP contribution in [0.2, 0.25) is 0 Å². The molecule has 35 heavy (non-hydrogen) atoms. The van der Waals surface area contributed by atoms with E-state index in [1.165, 1.54) is 12.0 Å². The number of carbonyl (C=O) groups is 2. The molecule has 0 bridgehead atoms. The van der Waals surface area contributed by atoms with Crippen molar-refractivity contribution in [3.8, 4) is 5.75 Å². The molecule has 1 atom stereocenters. The van der Waals surface area contributed by atoms with Crippen molar-refractivity contribution in [1.82, 2.24) is 10.2 Å². The van der Waals surface area contributed by atoms with Crippen molar-refractivity contribution < 1.29 is 22.7 Å². The number of carbonyl (C=O) groups excluding carboxylic acids is 2. The van der Waals surface area contributed by atoms with Crippen LogP contribution in [-0.2, 0) is 26.2 Å². The van der Waals surface area contributed by atoms with Crippen LogP contribution >= 0.6 is 0 Å². The first kappa shape index (κ1) is 28.2. The molecule has 0 aliphatic carbocycles. The Morgan fingerprint density at radius 2 is 1.74 bits per heavy atom. The quantitative estimate of drug-likeness (QED) is 0.535. The summed E-state index contributed by atoms with van der Waals surface area (Å²) in [7, 11) is -2.32. The van der Waals surface area contributed by atoms with Gasteiger partial charge in [-0.15, -0.1) is 0 Å². The monoisotopic (exact) mass is 503 g/mol. The summed E-state index contributed by atoms with van der Waals surface area (Å²) >= 11 is 0. The van der Waals surface area contributed by atoms with Crippen molar-refractivity contribution in [2.24, 2.45) is 0 Å². The maximum absolute atomic E-state index is 13.7. The number of nitrogens with zero attached hydrogens (tertiary/aromatic N) is 2. The highest BCUT2D eigenvalue weighted by atomic mass is 32.2. The van der Waals surface area contributed by atoms with Gasteiger partial charge in [0.25, 0.3) is 0 Å². The maximum Gasteiger partial charge on any atom is 0.244 e. The fourth-order valence-electron chi connectivity index (χ4n) is 3.76. The number of hydrogen-bond acceptors (Lipinski definition) is 5. The Morgan fingerprint density at radius 1 is 1.09 bits per heavy atom. The Bertz CT molecular complexity index is 1140. The predicted octanol–water partition coefficient (Wildman–Crippen LogP) is 3.49. The number of amides is 2. The standard InChI is InChI=1S/C26H37N3O5S/c1-8-23(25(31)27-26(3,4)5)28(17-20-12-9-11-19(2)15-20)24(30)18-29(35(7,32)33)21-13-10-14-22(16-21)34-6/h9-16,23H,8,17-18H2,1-7H3,(H,27,31). The van der Waals surface area contributed by atoms with Gasteiger partial charge < -0.3 is 15.0 Å². The number of anilines is 1. The van der Waals surface area contributed by atoms with E-state index >= 15 is 0 Å². The molecule has 0 fully saturated rings. The smallest absolute Gasteiger partial charge is 0.244 e. The summed E-state index contributed by atoms with van der Waals surface area (Å²) in [6.07, 6.45) is 1.42. The zero-order valence-electron chi connectivity index (χ0n) is 21.7. The van der Waals surface area contributed by atoms with E-state index in [9.17, 15) is 18.0 Å². The second-order valence-corrected chi connectivity index (χ2v) is 11.6. The van der Waals surface area contributed by atoms with E-state index < -0.39 is 34.1 Å². The molecule has 0 spiro atoms. The van der Waals surface area contributed by atoms with Gasteiger partial charge in [-0.2, -0.15) is 0 Å². The number of methoxy groups -OCH3 is 1. The first-order chi connectivity index (χ1) is 16.2. The van der Waals surface area contributed by atoms with E-state index in [-0.39, 0.29) is 12.5 Å². The third kappa shape index (κ3) is 8.28. The van der Waals surface area contributed by atoms with Gasteiger partial charge in [0.05, 0.1) is 19.1 Å². The first-order valence-corrected chi connectivity index (χ1v) is 13.4. The van der Waals surface area contributed by atoms with Crippen molar-refractivity contribution in [3.63, 3.8) is 0 Å². The molecule has 0 saturated heterocycles. The molecule has 2 aromatic carbocycles. The summed E-state index contributed by atoms with van der Waals surface area (Å²) in [5.74, 6) is -0.292. The minimum atomic E-state index is -3.80. The van der Waals surface area contributed by atoms with Crippen LogP contribution in [0.4, 0.5) is 5.69 Å². The summed E-state index contributed by atoms with van der Waals surface area (Å²) in [6.45, 7) is 9.13. The largest absolute Gasteiger partial charge is 0.497 e. The number of benzene rings is 2. The highest BCUT2D eigenvalue weighted by molar-refractivity contribution is 7.92. The molecule has 8 nitrogen and oxygen atoms in total. The molecule has 2 aromatic rings. The van der Waals surface area contributed by atoms with E-state index in [1.807, 2.05) is 58.9 Å². The van der Waals surface area contributed by atoms with E-state index in [0.717, 1.165) is 21.7 Å². The zero-order chi connectivity index (χ0) is 26.4. The summed E-state index contributed by atoms with van der Waals surface area (Å²) < 4.78 is 31.6. The lowest BCUT2D eigenvalue weighted by atomic mass is 10.0. The van der Waals surface area contributed by atoms with E-state index in [1.54, 1.807) is 24.3 Å². The Morgan fingerprint density at radius 3 is 2.29 bits per heavy atom. The third-order valence-electron chi connectivity index (χ3n) is 5.34. The van der Waals surface area contributed by atoms with Crippen molar-refractivity contribution in [3.05, 3.63) is 59.7 Å². The highest BCUT2D eigenvalue weighted by Crippen LogP contribution is 2.24. The van der Waals surface area contributed by atoms with Crippen molar-refractivity contribution in [1.29, 1.82) is 0 Å². The SMILES string of the molecule is CCC(C(=O)NC(C)(C)C)N(Cc1cccc(C)c1)C(=O)CN(c1cccc(OC)c1)S(C)(=O)=O. The third-order valence-corrected chi connectivity index (χ3v) is 6.48. The summed E-state index contributed by atoms with van der Waals surface area (Å²) in [5, 5.41) is 2.95. The molecule has 0 aliphatic heterocycles. The van der Waals surface area contributed by atoms with Gasteiger partial charge in [-0.25, -0.2) is 8.42 Å². The molecule has 0 saturated carbocycles. The van der Waals surface area contributed by atoms with Crippen molar-refractivity contribution in [2.75, 3.05) is 24.2 Å². The summed E-state index contributed by atoms with van der Waals surface area (Å²) in [4.78, 5) is 28.3. The molecule has 9 heteroatoms. The lowest BCUT2D eigenvalue weighted by Crippen LogP contribution is -2.55. The van der Waals surface area contributed by atoms with Crippen LogP contribution in [0, 0.1) is 6.92 Å². The predicted molar refractivity (Wildman–Crippen MR) is 139 cm³/mol. The molecule has 1 N–H and O–H groups in total. The molecule has 2 amide bonds. The number of ether oxygens (including phenoxy) is 1. The fourth-order valence-corrected chi connectivity index (χ4v) is 4.60. The van der Waals surface area contributed by atoms with Gasteiger partial charge in [0.1, 0.15) is 18.3 Å². The van der Waals surface area contributed by atoms with Gasteiger partial charge in [-0.1, -0.05) is 42.8 Å². The lowest BCUT2D eigenvalue weighted by molar-refractivity contribution is -0.141. The van der Waals surface area contributed by atoms with Gasteiger partial charge in [-0.3, -0.25) is 13.9 Å². The average molecular weight is 504 g/mol. The maximum atomic E-state index is 13.7. The average Bonchev–Trinajstić information content (AvgIpc) is 2.75. The normalized spacial score (nSPS) is 12.5. The number of sulfonamides is 1. The van der Waals surface area contributed by atoms with Crippen LogP contribution in [-0.4, -0.2) is 56.6 Å². The molecule has 2 rings (SSSR count). The second kappa shape index (κ2) is 11.6. The summed E-state index contributed by atoms with van der Waals surface area (Å²) in [5.41, 5.74) is 1.70. The van der Waals surface area contributed by atoms with Crippen molar-refractivity contribution in [2.45, 2.75) is 59.2 Å². The van der Waals surface area contributed by atoms with Crippen molar-refractivity contribution >= 4 is 27.5 Å². The zero-order valence-corrected chi connectivity index (χ0v) is 22.5. The molecule has 0 aromatic heterocycles. The summed E-state index contributed by atoms with van der Waals surface area (Å²) in [6, 6.07) is 13.4. The number of aryl methyl sites for hydroxylation is 1. The number of nitrogens with one attached hydrogen (secondary N) is 1. The van der Waals surface area contributed by atoms with Crippen LogP contribution in [0.15, 0.2) is 48.5 Å². The number of rotatable bonds is 10.